The van der Waals surface area contributed by atoms with Crippen LogP contribution in [0, 0.1) is 5.92 Å². The standard InChI is InChI=1S/C12H19NO2S/c1-10(2)7-8-16(14,15)9-11-5-3-4-6-12(11)13/h3-6,10H,7-9,13H2,1-2H3. The zero-order valence-corrected chi connectivity index (χ0v) is 10.6. The highest BCUT2D eigenvalue weighted by atomic mass is 32.2. The molecule has 0 saturated heterocycles. The molecule has 1 aromatic carbocycles. The fourth-order valence-corrected chi connectivity index (χ4v) is 3.10. The van der Waals surface area contributed by atoms with Gasteiger partial charge < -0.3 is 5.73 Å². The predicted octanol–water partition coefficient (Wildman–Crippen LogP) is 2.23. The zero-order valence-electron chi connectivity index (χ0n) is 9.81. The normalized spacial score (nSPS) is 11.9. The molecule has 16 heavy (non-hydrogen) atoms. The first-order valence-electron chi connectivity index (χ1n) is 5.44. The topological polar surface area (TPSA) is 60.2 Å². The van der Waals surface area contributed by atoms with Crippen molar-refractivity contribution in [2.45, 2.75) is 26.0 Å². The molecule has 0 bridgehead atoms. The van der Waals surface area contributed by atoms with E-state index in [2.05, 4.69) is 0 Å². The first kappa shape index (κ1) is 13.0. The molecule has 4 heteroatoms. The highest BCUT2D eigenvalue weighted by Gasteiger charge is 2.14. The van der Waals surface area contributed by atoms with Crippen LogP contribution in [0.25, 0.3) is 0 Å². The summed E-state index contributed by atoms with van der Waals surface area (Å²) in [5.41, 5.74) is 6.97. The van der Waals surface area contributed by atoms with Crippen molar-refractivity contribution in [1.29, 1.82) is 0 Å². The number of anilines is 1. The highest BCUT2D eigenvalue weighted by molar-refractivity contribution is 7.90. The van der Waals surface area contributed by atoms with Crippen LogP contribution in [0.15, 0.2) is 24.3 Å². The monoisotopic (exact) mass is 241 g/mol. The van der Waals surface area contributed by atoms with Crippen LogP contribution in [0.3, 0.4) is 0 Å². The van der Waals surface area contributed by atoms with Crippen LogP contribution >= 0.6 is 0 Å². The molecular formula is C12H19NO2S. The van der Waals surface area contributed by atoms with Crippen LogP contribution in [-0.2, 0) is 15.6 Å². The molecule has 0 radical (unpaired) electrons. The van der Waals surface area contributed by atoms with Crippen molar-refractivity contribution in [3.8, 4) is 0 Å². The van der Waals surface area contributed by atoms with Crippen LogP contribution < -0.4 is 5.73 Å². The van der Waals surface area contributed by atoms with Crippen molar-refractivity contribution >= 4 is 15.5 Å². The SMILES string of the molecule is CC(C)CCS(=O)(=O)Cc1ccccc1N. The Bertz CT molecular complexity index is 438. The van der Waals surface area contributed by atoms with Crippen molar-refractivity contribution in [1.82, 2.24) is 0 Å². The summed E-state index contributed by atoms with van der Waals surface area (Å²) < 4.78 is 23.6. The molecule has 0 unspecified atom stereocenters. The molecule has 0 fully saturated rings. The molecular weight excluding hydrogens is 222 g/mol. The summed E-state index contributed by atoms with van der Waals surface area (Å²) in [6.45, 7) is 4.04. The van der Waals surface area contributed by atoms with Gasteiger partial charge >= 0.3 is 0 Å². The maximum absolute atomic E-state index is 11.8. The first-order chi connectivity index (χ1) is 7.41. The van der Waals surface area contributed by atoms with Gasteiger partial charge in [-0.2, -0.15) is 0 Å². The quantitative estimate of drug-likeness (QED) is 0.804. The summed E-state index contributed by atoms with van der Waals surface area (Å²) in [6.07, 6.45) is 0.703. The third-order valence-corrected chi connectivity index (χ3v) is 4.05. The summed E-state index contributed by atoms with van der Waals surface area (Å²) >= 11 is 0. The fraction of sp³-hybridized carbons (Fsp3) is 0.500. The minimum absolute atomic E-state index is 0.0480. The highest BCUT2D eigenvalue weighted by Crippen LogP contribution is 2.15. The van der Waals surface area contributed by atoms with E-state index >= 15 is 0 Å². The molecule has 90 valence electrons. The number of rotatable bonds is 5. The van der Waals surface area contributed by atoms with E-state index in [-0.39, 0.29) is 11.5 Å². The van der Waals surface area contributed by atoms with Gasteiger partial charge in [0.1, 0.15) is 0 Å². The number of para-hydroxylation sites is 1. The van der Waals surface area contributed by atoms with Crippen LogP contribution in [0.4, 0.5) is 5.69 Å². The molecule has 1 rings (SSSR count). The Kier molecular flexibility index (Phi) is 4.35. The number of sulfone groups is 1. The third-order valence-electron chi connectivity index (χ3n) is 2.44. The van der Waals surface area contributed by atoms with Gasteiger partial charge in [0.05, 0.1) is 11.5 Å². The lowest BCUT2D eigenvalue weighted by molar-refractivity contribution is 0.573. The van der Waals surface area contributed by atoms with Gasteiger partial charge in [-0.3, -0.25) is 0 Å². The molecule has 0 aromatic heterocycles. The van der Waals surface area contributed by atoms with E-state index in [4.69, 9.17) is 5.73 Å². The van der Waals surface area contributed by atoms with Gasteiger partial charge in [0.15, 0.2) is 9.84 Å². The van der Waals surface area contributed by atoms with Crippen molar-refractivity contribution in [3.05, 3.63) is 29.8 Å². The molecule has 0 saturated carbocycles. The van der Waals surface area contributed by atoms with E-state index < -0.39 is 9.84 Å². The molecule has 0 amide bonds. The van der Waals surface area contributed by atoms with Crippen molar-refractivity contribution in [2.24, 2.45) is 5.92 Å². The Balaban J connectivity index is 2.70. The summed E-state index contributed by atoms with van der Waals surface area (Å²) in [6, 6.07) is 7.11. The van der Waals surface area contributed by atoms with Crippen molar-refractivity contribution < 1.29 is 8.42 Å². The van der Waals surface area contributed by atoms with E-state index in [1.54, 1.807) is 18.2 Å². The van der Waals surface area contributed by atoms with Gasteiger partial charge in [-0.1, -0.05) is 32.0 Å². The number of hydrogen-bond acceptors (Lipinski definition) is 3. The van der Waals surface area contributed by atoms with Crippen LogP contribution in [0.2, 0.25) is 0 Å². The molecule has 0 spiro atoms. The number of nitrogen functional groups attached to an aromatic ring is 1. The molecule has 0 heterocycles. The van der Waals surface area contributed by atoms with Gasteiger partial charge in [0.2, 0.25) is 0 Å². The van der Waals surface area contributed by atoms with Crippen LogP contribution in [0.5, 0.6) is 0 Å². The Labute approximate surface area is 97.6 Å². The number of hydrogen-bond donors (Lipinski definition) is 1. The lowest BCUT2D eigenvalue weighted by atomic mass is 10.2. The zero-order chi connectivity index (χ0) is 12.2. The first-order valence-corrected chi connectivity index (χ1v) is 7.26. The maximum Gasteiger partial charge on any atom is 0.154 e. The third kappa shape index (κ3) is 4.23. The molecule has 0 aliphatic rings. The molecule has 2 N–H and O–H groups in total. The second kappa shape index (κ2) is 5.34. The summed E-state index contributed by atoms with van der Waals surface area (Å²) in [5.74, 6) is 0.689. The van der Waals surface area contributed by atoms with Gasteiger partial charge in [-0.15, -0.1) is 0 Å². The van der Waals surface area contributed by atoms with E-state index in [0.29, 0.717) is 23.6 Å². The van der Waals surface area contributed by atoms with E-state index in [9.17, 15) is 8.42 Å². The summed E-state index contributed by atoms with van der Waals surface area (Å²) in [4.78, 5) is 0. The van der Waals surface area contributed by atoms with E-state index in [0.717, 1.165) is 0 Å². The lowest BCUT2D eigenvalue weighted by Gasteiger charge is -2.08. The van der Waals surface area contributed by atoms with Gasteiger partial charge in [-0.05, 0) is 24.0 Å². The summed E-state index contributed by atoms with van der Waals surface area (Å²) in [5, 5.41) is 0. The van der Waals surface area contributed by atoms with E-state index in [1.165, 1.54) is 0 Å². The molecule has 1 aromatic rings. The Hall–Kier alpha value is -1.03. The predicted molar refractivity (Wildman–Crippen MR) is 67.8 cm³/mol. The minimum Gasteiger partial charge on any atom is -0.398 e. The van der Waals surface area contributed by atoms with Crippen molar-refractivity contribution in [3.63, 3.8) is 0 Å². The molecule has 0 aliphatic carbocycles. The molecule has 0 atom stereocenters. The largest absolute Gasteiger partial charge is 0.398 e. The van der Waals surface area contributed by atoms with Gasteiger partial charge in [-0.25, -0.2) is 8.42 Å². The smallest absolute Gasteiger partial charge is 0.154 e. The second-order valence-electron chi connectivity index (χ2n) is 4.47. The lowest BCUT2D eigenvalue weighted by Crippen LogP contribution is -2.12. The average Bonchev–Trinajstić information content (AvgIpc) is 2.19. The fourth-order valence-electron chi connectivity index (χ4n) is 1.39. The molecule has 3 nitrogen and oxygen atoms in total. The number of nitrogens with two attached hydrogens (primary N) is 1. The van der Waals surface area contributed by atoms with Crippen LogP contribution in [0.1, 0.15) is 25.8 Å². The minimum atomic E-state index is -3.03. The summed E-state index contributed by atoms with van der Waals surface area (Å²) in [7, 11) is -3.03. The van der Waals surface area contributed by atoms with Crippen molar-refractivity contribution in [2.75, 3.05) is 11.5 Å². The van der Waals surface area contributed by atoms with E-state index in [1.807, 2.05) is 19.9 Å². The maximum atomic E-state index is 11.8. The molecule has 0 aliphatic heterocycles. The Morgan fingerprint density at radius 2 is 1.88 bits per heavy atom. The van der Waals surface area contributed by atoms with Gasteiger partial charge in [0, 0.05) is 5.69 Å². The van der Waals surface area contributed by atoms with Gasteiger partial charge in [0.25, 0.3) is 0 Å². The second-order valence-corrected chi connectivity index (χ2v) is 6.66. The Morgan fingerprint density at radius 1 is 1.25 bits per heavy atom. The average molecular weight is 241 g/mol. The number of benzene rings is 1. The Morgan fingerprint density at radius 3 is 2.44 bits per heavy atom. The van der Waals surface area contributed by atoms with Crippen LogP contribution in [-0.4, -0.2) is 14.2 Å².